The summed E-state index contributed by atoms with van der Waals surface area (Å²) < 4.78 is 5.38. The van der Waals surface area contributed by atoms with Crippen LogP contribution >= 0.6 is 22.9 Å². The van der Waals surface area contributed by atoms with E-state index >= 15 is 0 Å². The molecule has 2 N–H and O–H groups in total. The average molecular weight is 361 g/mol. The SMILES string of the molecule is O=C(COc1ccc(Cl)cc1)Nc1nc(-c2cccc(O)c2)cs1. The largest absolute Gasteiger partial charge is 0.508 e. The number of anilines is 1. The van der Waals surface area contributed by atoms with Crippen LogP contribution < -0.4 is 10.1 Å². The maximum absolute atomic E-state index is 11.9. The molecule has 0 atom stereocenters. The third-order valence-corrected chi connectivity index (χ3v) is 4.09. The highest BCUT2D eigenvalue weighted by Crippen LogP contribution is 2.27. The minimum absolute atomic E-state index is 0.122. The van der Waals surface area contributed by atoms with E-state index in [0.29, 0.717) is 21.6 Å². The molecule has 0 aliphatic heterocycles. The van der Waals surface area contributed by atoms with Crippen LogP contribution in [-0.4, -0.2) is 22.6 Å². The number of rotatable bonds is 5. The first-order chi connectivity index (χ1) is 11.6. The summed E-state index contributed by atoms with van der Waals surface area (Å²) in [5, 5.41) is 15.1. The number of phenols is 1. The molecule has 5 nitrogen and oxygen atoms in total. The third-order valence-electron chi connectivity index (χ3n) is 3.08. The fourth-order valence-corrected chi connectivity index (χ4v) is 2.83. The molecule has 1 heterocycles. The van der Waals surface area contributed by atoms with Crippen molar-refractivity contribution in [2.75, 3.05) is 11.9 Å². The predicted molar refractivity (Wildman–Crippen MR) is 94.8 cm³/mol. The predicted octanol–water partition coefficient (Wildman–Crippen LogP) is 4.19. The summed E-state index contributed by atoms with van der Waals surface area (Å²) in [7, 11) is 0. The van der Waals surface area contributed by atoms with Crippen molar-refractivity contribution >= 4 is 34.0 Å². The Kier molecular flexibility index (Phi) is 4.98. The van der Waals surface area contributed by atoms with Gasteiger partial charge in [0.25, 0.3) is 5.91 Å². The number of ether oxygens (including phenoxy) is 1. The monoisotopic (exact) mass is 360 g/mol. The van der Waals surface area contributed by atoms with Crippen molar-refractivity contribution < 1.29 is 14.6 Å². The highest BCUT2D eigenvalue weighted by molar-refractivity contribution is 7.14. The van der Waals surface area contributed by atoms with E-state index in [2.05, 4.69) is 10.3 Å². The molecule has 3 rings (SSSR count). The molecule has 24 heavy (non-hydrogen) atoms. The molecule has 0 aliphatic rings. The minimum atomic E-state index is -0.304. The fourth-order valence-electron chi connectivity index (χ4n) is 1.96. The number of aromatic hydroxyl groups is 1. The van der Waals surface area contributed by atoms with Gasteiger partial charge < -0.3 is 9.84 Å². The Bertz CT molecular complexity index is 849. The Labute approximate surface area is 147 Å². The Balaban J connectivity index is 1.58. The third kappa shape index (κ3) is 4.24. The summed E-state index contributed by atoms with van der Waals surface area (Å²) in [4.78, 5) is 16.2. The normalized spacial score (nSPS) is 10.4. The lowest BCUT2D eigenvalue weighted by Gasteiger charge is -2.05. The lowest BCUT2D eigenvalue weighted by atomic mass is 10.2. The van der Waals surface area contributed by atoms with Gasteiger partial charge in [0.1, 0.15) is 11.5 Å². The van der Waals surface area contributed by atoms with Crippen LogP contribution in [-0.2, 0) is 4.79 Å². The molecule has 0 bridgehead atoms. The van der Waals surface area contributed by atoms with Crippen LogP contribution in [0.2, 0.25) is 5.02 Å². The minimum Gasteiger partial charge on any atom is -0.508 e. The highest BCUT2D eigenvalue weighted by atomic mass is 35.5. The molecular weight excluding hydrogens is 348 g/mol. The number of halogens is 1. The first-order valence-electron chi connectivity index (χ1n) is 7.03. The van der Waals surface area contributed by atoms with Gasteiger partial charge in [0, 0.05) is 16.0 Å². The zero-order valence-corrected chi connectivity index (χ0v) is 14.0. The van der Waals surface area contributed by atoms with Crippen LogP contribution in [0.1, 0.15) is 0 Å². The standard InChI is InChI=1S/C17H13ClN2O3S/c18-12-4-6-14(7-5-12)23-9-16(22)20-17-19-15(10-24-17)11-2-1-3-13(21)8-11/h1-8,10,21H,9H2,(H,19,20,22). The van der Waals surface area contributed by atoms with Gasteiger partial charge in [0.05, 0.1) is 5.69 Å². The van der Waals surface area contributed by atoms with Gasteiger partial charge in [-0.1, -0.05) is 23.7 Å². The molecule has 0 fully saturated rings. The smallest absolute Gasteiger partial charge is 0.264 e. The Morgan fingerprint density at radius 1 is 1.25 bits per heavy atom. The second-order valence-electron chi connectivity index (χ2n) is 4.88. The molecule has 0 saturated carbocycles. The van der Waals surface area contributed by atoms with Crippen molar-refractivity contribution in [2.45, 2.75) is 0 Å². The maximum Gasteiger partial charge on any atom is 0.264 e. The number of phenolic OH excluding ortho intramolecular Hbond substituents is 1. The molecule has 0 aliphatic carbocycles. The van der Waals surface area contributed by atoms with Gasteiger partial charge in [0.15, 0.2) is 11.7 Å². The number of amides is 1. The van der Waals surface area contributed by atoms with Crippen LogP contribution in [0.3, 0.4) is 0 Å². The van der Waals surface area contributed by atoms with Crippen LogP contribution in [0.15, 0.2) is 53.9 Å². The van der Waals surface area contributed by atoms with Gasteiger partial charge >= 0.3 is 0 Å². The van der Waals surface area contributed by atoms with Crippen LogP contribution in [0.5, 0.6) is 11.5 Å². The second-order valence-corrected chi connectivity index (χ2v) is 6.17. The van der Waals surface area contributed by atoms with E-state index in [1.165, 1.54) is 11.3 Å². The lowest BCUT2D eigenvalue weighted by molar-refractivity contribution is -0.118. The first kappa shape index (κ1) is 16.3. The number of carbonyl (C=O) groups excluding carboxylic acids is 1. The molecule has 0 spiro atoms. The number of hydrogen-bond donors (Lipinski definition) is 2. The van der Waals surface area contributed by atoms with Crippen LogP contribution in [0, 0.1) is 0 Å². The Hall–Kier alpha value is -2.57. The molecule has 3 aromatic rings. The van der Waals surface area contributed by atoms with Crippen LogP contribution in [0.4, 0.5) is 5.13 Å². The zero-order valence-electron chi connectivity index (χ0n) is 12.4. The van der Waals surface area contributed by atoms with Gasteiger partial charge in [-0.15, -0.1) is 11.3 Å². The van der Waals surface area contributed by atoms with Gasteiger partial charge in [-0.2, -0.15) is 0 Å². The lowest BCUT2D eigenvalue weighted by Crippen LogP contribution is -2.20. The van der Waals surface area contributed by atoms with Gasteiger partial charge in [0.2, 0.25) is 0 Å². The van der Waals surface area contributed by atoms with Crippen molar-refractivity contribution in [2.24, 2.45) is 0 Å². The number of carbonyl (C=O) groups is 1. The number of nitrogens with zero attached hydrogens (tertiary/aromatic N) is 1. The zero-order chi connectivity index (χ0) is 16.9. The Morgan fingerprint density at radius 2 is 2.04 bits per heavy atom. The second kappa shape index (κ2) is 7.33. The molecule has 1 aromatic heterocycles. The quantitative estimate of drug-likeness (QED) is 0.715. The summed E-state index contributed by atoms with van der Waals surface area (Å²) in [5.41, 5.74) is 1.47. The molecule has 2 aromatic carbocycles. The molecule has 0 saturated heterocycles. The number of benzene rings is 2. The summed E-state index contributed by atoms with van der Waals surface area (Å²) in [6.07, 6.45) is 0. The summed E-state index contributed by atoms with van der Waals surface area (Å²) in [6, 6.07) is 13.6. The topological polar surface area (TPSA) is 71.5 Å². The van der Waals surface area contributed by atoms with Crippen molar-refractivity contribution in [3.8, 4) is 22.8 Å². The number of hydrogen-bond acceptors (Lipinski definition) is 5. The summed E-state index contributed by atoms with van der Waals surface area (Å²) >= 11 is 7.09. The van der Waals surface area contributed by atoms with Crippen molar-refractivity contribution in [1.82, 2.24) is 4.98 Å². The molecule has 0 radical (unpaired) electrons. The molecule has 7 heteroatoms. The molecule has 122 valence electrons. The van der Waals surface area contributed by atoms with Gasteiger partial charge in [-0.25, -0.2) is 4.98 Å². The van der Waals surface area contributed by atoms with E-state index < -0.39 is 0 Å². The van der Waals surface area contributed by atoms with Gasteiger partial charge in [-0.3, -0.25) is 10.1 Å². The van der Waals surface area contributed by atoms with Crippen LogP contribution in [0.25, 0.3) is 11.3 Å². The van der Waals surface area contributed by atoms with E-state index in [4.69, 9.17) is 16.3 Å². The van der Waals surface area contributed by atoms with Crippen molar-refractivity contribution in [3.63, 3.8) is 0 Å². The molecular formula is C17H13ClN2O3S. The maximum atomic E-state index is 11.9. The fraction of sp³-hybridized carbons (Fsp3) is 0.0588. The average Bonchev–Trinajstić information content (AvgIpc) is 3.03. The van der Waals surface area contributed by atoms with E-state index in [-0.39, 0.29) is 18.3 Å². The molecule has 0 unspecified atom stereocenters. The number of aromatic nitrogens is 1. The van der Waals surface area contributed by atoms with Crippen molar-refractivity contribution in [1.29, 1.82) is 0 Å². The van der Waals surface area contributed by atoms with E-state index in [9.17, 15) is 9.90 Å². The van der Waals surface area contributed by atoms with Gasteiger partial charge in [-0.05, 0) is 36.4 Å². The summed E-state index contributed by atoms with van der Waals surface area (Å²) in [6.45, 7) is -0.122. The van der Waals surface area contributed by atoms with E-state index in [0.717, 1.165) is 5.56 Å². The van der Waals surface area contributed by atoms with Crippen molar-refractivity contribution in [3.05, 3.63) is 58.9 Å². The Morgan fingerprint density at radius 3 is 2.79 bits per heavy atom. The van der Waals surface area contributed by atoms with E-state index in [1.54, 1.807) is 42.5 Å². The van der Waals surface area contributed by atoms with E-state index in [1.807, 2.05) is 11.4 Å². The summed E-state index contributed by atoms with van der Waals surface area (Å²) in [5.74, 6) is 0.429. The number of thiazole rings is 1. The first-order valence-corrected chi connectivity index (χ1v) is 8.29. The number of nitrogens with one attached hydrogen (secondary N) is 1. The highest BCUT2D eigenvalue weighted by Gasteiger charge is 2.09. The molecule has 1 amide bonds.